The standard InChI is InChI=1S/C12H17N5O/c1-16(2)8-14-11-6-5-10(7-13-11)12(18)15-9-17(3)4/h5-9H,1-4H3. The SMILES string of the molecule is CN(C)C=NC(=O)c1ccc(N=CN(C)C)nc1. The Labute approximate surface area is 107 Å². The number of pyridine rings is 1. The van der Waals surface area contributed by atoms with Crippen LogP contribution in [0.25, 0.3) is 0 Å². The van der Waals surface area contributed by atoms with Crippen LogP contribution >= 0.6 is 0 Å². The smallest absolute Gasteiger partial charge is 0.279 e. The van der Waals surface area contributed by atoms with Gasteiger partial charge < -0.3 is 9.80 Å². The normalized spacial score (nSPS) is 11.1. The van der Waals surface area contributed by atoms with E-state index in [0.29, 0.717) is 11.4 Å². The summed E-state index contributed by atoms with van der Waals surface area (Å²) in [4.78, 5) is 27.1. The molecule has 6 nitrogen and oxygen atoms in total. The average Bonchev–Trinajstić information content (AvgIpc) is 2.34. The molecule has 1 amide bonds. The number of nitrogens with zero attached hydrogens (tertiary/aromatic N) is 5. The molecule has 0 saturated carbocycles. The minimum Gasteiger partial charge on any atom is -0.369 e. The van der Waals surface area contributed by atoms with Crippen LogP contribution in [0.2, 0.25) is 0 Å². The second kappa shape index (κ2) is 6.48. The summed E-state index contributed by atoms with van der Waals surface area (Å²) < 4.78 is 0. The Balaban J connectivity index is 2.74. The van der Waals surface area contributed by atoms with Crippen molar-refractivity contribution in [1.29, 1.82) is 0 Å². The molecule has 18 heavy (non-hydrogen) atoms. The zero-order valence-corrected chi connectivity index (χ0v) is 11.0. The topological polar surface area (TPSA) is 61.2 Å². The van der Waals surface area contributed by atoms with Crippen LogP contribution in [0.15, 0.2) is 28.3 Å². The lowest BCUT2D eigenvalue weighted by Crippen LogP contribution is -2.09. The lowest BCUT2D eigenvalue weighted by Gasteiger charge is -2.02. The number of amides is 1. The molecular weight excluding hydrogens is 230 g/mol. The van der Waals surface area contributed by atoms with Gasteiger partial charge in [0.15, 0.2) is 5.82 Å². The molecule has 0 atom stereocenters. The van der Waals surface area contributed by atoms with Crippen LogP contribution in [0.3, 0.4) is 0 Å². The highest BCUT2D eigenvalue weighted by Gasteiger charge is 2.03. The van der Waals surface area contributed by atoms with Crippen LogP contribution in [0.4, 0.5) is 5.82 Å². The Kier molecular flexibility index (Phi) is 4.98. The van der Waals surface area contributed by atoms with Gasteiger partial charge in [-0.25, -0.2) is 9.98 Å². The third-order valence-electron chi connectivity index (χ3n) is 1.82. The van der Waals surface area contributed by atoms with Crippen LogP contribution < -0.4 is 0 Å². The first-order valence-electron chi connectivity index (χ1n) is 5.40. The number of carbonyl (C=O) groups excluding carboxylic acids is 1. The predicted molar refractivity (Wildman–Crippen MR) is 72.6 cm³/mol. The van der Waals surface area contributed by atoms with Gasteiger partial charge in [0.25, 0.3) is 5.91 Å². The van der Waals surface area contributed by atoms with E-state index in [4.69, 9.17) is 0 Å². The summed E-state index contributed by atoms with van der Waals surface area (Å²) >= 11 is 0. The molecule has 0 fully saturated rings. The van der Waals surface area contributed by atoms with Crippen molar-refractivity contribution >= 4 is 24.4 Å². The van der Waals surface area contributed by atoms with E-state index in [1.807, 2.05) is 19.0 Å². The van der Waals surface area contributed by atoms with E-state index in [9.17, 15) is 4.79 Å². The quantitative estimate of drug-likeness (QED) is 0.589. The Morgan fingerprint density at radius 3 is 2.33 bits per heavy atom. The van der Waals surface area contributed by atoms with Gasteiger partial charge in [0.2, 0.25) is 0 Å². The summed E-state index contributed by atoms with van der Waals surface area (Å²) in [6.45, 7) is 0. The second-order valence-corrected chi connectivity index (χ2v) is 4.13. The molecule has 96 valence electrons. The molecule has 0 spiro atoms. The summed E-state index contributed by atoms with van der Waals surface area (Å²) in [6.07, 6.45) is 4.58. The molecule has 0 saturated heterocycles. The van der Waals surface area contributed by atoms with E-state index in [2.05, 4.69) is 15.0 Å². The van der Waals surface area contributed by atoms with Gasteiger partial charge in [-0.15, -0.1) is 0 Å². The monoisotopic (exact) mass is 247 g/mol. The third-order valence-corrected chi connectivity index (χ3v) is 1.82. The van der Waals surface area contributed by atoms with Gasteiger partial charge in [0, 0.05) is 34.4 Å². The molecule has 1 rings (SSSR count). The number of hydrogen-bond acceptors (Lipinski definition) is 3. The molecule has 0 aliphatic heterocycles. The fourth-order valence-electron chi connectivity index (χ4n) is 1.01. The summed E-state index contributed by atoms with van der Waals surface area (Å²) in [5.41, 5.74) is 0.442. The zero-order chi connectivity index (χ0) is 13.5. The Morgan fingerprint density at radius 2 is 1.83 bits per heavy atom. The van der Waals surface area contributed by atoms with Crippen LogP contribution in [0.5, 0.6) is 0 Å². The highest BCUT2D eigenvalue weighted by atomic mass is 16.1. The first kappa shape index (κ1) is 13.8. The molecule has 0 unspecified atom stereocenters. The van der Waals surface area contributed by atoms with Crippen LogP contribution in [-0.2, 0) is 0 Å². The van der Waals surface area contributed by atoms with Gasteiger partial charge in [-0.05, 0) is 12.1 Å². The predicted octanol–water partition coefficient (Wildman–Crippen LogP) is 1.03. The van der Waals surface area contributed by atoms with E-state index in [1.54, 1.807) is 37.5 Å². The number of aromatic nitrogens is 1. The highest BCUT2D eigenvalue weighted by Crippen LogP contribution is 2.08. The first-order valence-corrected chi connectivity index (χ1v) is 5.40. The Morgan fingerprint density at radius 1 is 1.17 bits per heavy atom. The maximum Gasteiger partial charge on any atom is 0.279 e. The van der Waals surface area contributed by atoms with E-state index in [-0.39, 0.29) is 5.91 Å². The van der Waals surface area contributed by atoms with E-state index < -0.39 is 0 Å². The number of rotatable bonds is 4. The molecule has 1 heterocycles. The number of carbonyl (C=O) groups is 1. The molecule has 1 aromatic heterocycles. The second-order valence-electron chi connectivity index (χ2n) is 4.13. The highest BCUT2D eigenvalue weighted by molar-refractivity contribution is 5.98. The van der Waals surface area contributed by atoms with Gasteiger partial charge in [-0.2, -0.15) is 4.99 Å². The molecule has 0 N–H and O–H groups in total. The Bertz CT molecular complexity index is 448. The maximum absolute atomic E-state index is 11.6. The fourth-order valence-corrected chi connectivity index (χ4v) is 1.01. The van der Waals surface area contributed by atoms with Crippen molar-refractivity contribution in [2.24, 2.45) is 9.98 Å². The van der Waals surface area contributed by atoms with Gasteiger partial charge in [0.1, 0.15) is 0 Å². The van der Waals surface area contributed by atoms with Crippen molar-refractivity contribution in [3.05, 3.63) is 23.9 Å². The lowest BCUT2D eigenvalue weighted by atomic mass is 10.3. The summed E-state index contributed by atoms with van der Waals surface area (Å²) in [5.74, 6) is 0.233. The minimum atomic E-state index is -0.320. The van der Waals surface area contributed by atoms with Gasteiger partial charge >= 0.3 is 0 Å². The molecule has 0 aromatic carbocycles. The number of hydrogen-bond donors (Lipinski definition) is 0. The summed E-state index contributed by atoms with van der Waals surface area (Å²) in [5, 5.41) is 0. The summed E-state index contributed by atoms with van der Waals surface area (Å²) in [6, 6.07) is 3.34. The average molecular weight is 247 g/mol. The van der Waals surface area contributed by atoms with Gasteiger partial charge in [-0.1, -0.05) is 0 Å². The molecule has 0 aliphatic carbocycles. The Hall–Kier alpha value is -2.24. The van der Waals surface area contributed by atoms with E-state index >= 15 is 0 Å². The van der Waals surface area contributed by atoms with Crippen LogP contribution in [0.1, 0.15) is 10.4 Å². The van der Waals surface area contributed by atoms with E-state index in [0.717, 1.165) is 0 Å². The molecule has 0 bridgehead atoms. The van der Waals surface area contributed by atoms with Crippen molar-refractivity contribution in [2.45, 2.75) is 0 Å². The van der Waals surface area contributed by atoms with Crippen molar-refractivity contribution in [3.8, 4) is 0 Å². The fraction of sp³-hybridized carbons (Fsp3) is 0.333. The van der Waals surface area contributed by atoms with Crippen molar-refractivity contribution < 1.29 is 4.79 Å². The summed E-state index contributed by atoms with van der Waals surface area (Å²) in [7, 11) is 7.34. The molecule has 6 heteroatoms. The largest absolute Gasteiger partial charge is 0.369 e. The molecule has 0 radical (unpaired) electrons. The molecule has 0 aliphatic rings. The lowest BCUT2D eigenvalue weighted by molar-refractivity contribution is 0.100. The van der Waals surface area contributed by atoms with Crippen LogP contribution in [-0.4, -0.2) is 61.6 Å². The maximum atomic E-state index is 11.6. The van der Waals surface area contributed by atoms with Gasteiger partial charge in [-0.3, -0.25) is 4.79 Å². The molecular formula is C12H17N5O. The zero-order valence-electron chi connectivity index (χ0n) is 11.0. The van der Waals surface area contributed by atoms with Gasteiger partial charge in [0.05, 0.1) is 18.2 Å². The van der Waals surface area contributed by atoms with Crippen molar-refractivity contribution in [3.63, 3.8) is 0 Å². The van der Waals surface area contributed by atoms with E-state index in [1.165, 1.54) is 12.5 Å². The van der Waals surface area contributed by atoms with Crippen molar-refractivity contribution in [2.75, 3.05) is 28.2 Å². The third kappa shape index (κ3) is 4.73. The minimum absolute atomic E-state index is 0.320. The first-order chi connectivity index (χ1) is 8.49. The van der Waals surface area contributed by atoms with Crippen molar-refractivity contribution in [1.82, 2.24) is 14.8 Å². The van der Waals surface area contributed by atoms with Crippen LogP contribution in [0, 0.1) is 0 Å². The number of aliphatic imine (C=N–C) groups is 2. The molecule has 1 aromatic rings.